The van der Waals surface area contributed by atoms with Crippen LogP contribution in [0.25, 0.3) is 32.4 Å². The van der Waals surface area contributed by atoms with Gasteiger partial charge < -0.3 is 14.2 Å². The zero-order valence-electron chi connectivity index (χ0n) is 18.8. The zero-order valence-corrected chi connectivity index (χ0v) is 19.6. The molecule has 2 aromatic carbocycles. The van der Waals surface area contributed by atoms with Gasteiger partial charge in [0.25, 0.3) is 0 Å². The number of ether oxygens (including phenoxy) is 1. The maximum Gasteiger partial charge on any atom is 0.244 e. The predicted octanol–water partition coefficient (Wildman–Crippen LogP) is 5.13. The molecule has 4 heterocycles. The Bertz CT molecular complexity index is 1480. The molecule has 1 fully saturated rings. The molecule has 1 aliphatic rings. The third-order valence-electron chi connectivity index (χ3n) is 6.10. The third-order valence-corrected chi connectivity index (χ3v) is 7.01. The average Bonchev–Trinajstić information content (AvgIpc) is 3.49. The Morgan fingerprint density at radius 1 is 1.03 bits per heavy atom. The van der Waals surface area contributed by atoms with Crippen molar-refractivity contribution in [3.8, 4) is 11.3 Å². The minimum absolute atomic E-state index is 0.482. The van der Waals surface area contributed by atoms with Crippen LogP contribution in [0.4, 0.5) is 11.6 Å². The van der Waals surface area contributed by atoms with E-state index < -0.39 is 0 Å². The fourth-order valence-corrected chi connectivity index (χ4v) is 5.22. The zero-order chi connectivity index (χ0) is 22.9. The molecule has 0 amide bonds. The van der Waals surface area contributed by atoms with Crippen molar-refractivity contribution in [2.45, 2.75) is 0 Å². The van der Waals surface area contributed by atoms with Crippen LogP contribution in [0.5, 0.6) is 0 Å². The van der Waals surface area contributed by atoms with Gasteiger partial charge in [0.2, 0.25) is 5.95 Å². The quantitative estimate of drug-likeness (QED) is 0.286. The van der Waals surface area contributed by atoms with Crippen LogP contribution in [0, 0.1) is 0 Å². The average molecular weight is 469 g/mol. The smallest absolute Gasteiger partial charge is 0.244 e. The van der Waals surface area contributed by atoms with Crippen LogP contribution in [-0.2, 0) is 11.8 Å². The number of hydrogen-bond donors (Lipinski definition) is 1. The standard InChI is InChI=1S/C26H24N6OS/c1-31-17-21(20-4-2-3-5-23(20)31)24-25-22(10-15-34-25)28-26(29-24)30-27-16-18-6-8-19(9-7-18)32-11-13-33-14-12-32/h2-10,15-17H,11-14H2,1H3,(H,28,29,30)/b27-16+. The van der Waals surface area contributed by atoms with Crippen molar-refractivity contribution < 1.29 is 4.74 Å². The second kappa shape index (κ2) is 8.89. The number of aryl methyl sites for hydroxylation is 1. The van der Waals surface area contributed by atoms with E-state index >= 15 is 0 Å². The fourth-order valence-electron chi connectivity index (χ4n) is 4.38. The van der Waals surface area contributed by atoms with E-state index in [1.165, 1.54) is 16.6 Å². The van der Waals surface area contributed by atoms with Crippen molar-refractivity contribution in [3.63, 3.8) is 0 Å². The minimum Gasteiger partial charge on any atom is -0.378 e. The molecule has 0 aliphatic carbocycles. The molecule has 5 aromatic rings. The largest absolute Gasteiger partial charge is 0.378 e. The molecule has 0 atom stereocenters. The lowest BCUT2D eigenvalue weighted by Gasteiger charge is -2.28. The van der Waals surface area contributed by atoms with E-state index in [0.717, 1.165) is 53.3 Å². The topological polar surface area (TPSA) is 67.6 Å². The third kappa shape index (κ3) is 3.91. The molecule has 8 heteroatoms. The van der Waals surface area contributed by atoms with E-state index in [9.17, 15) is 0 Å². The summed E-state index contributed by atoms with van der Waals surface area (Å²) in [5.74, 6) is 0.482. The summed E-state index contributed by atoms with van der Waals surface area (Å²) in [5.41, 5.74) is 9.36. The van der Waals surface area contributed by atoms with Gasteiger partial charge in [0.05, 0.1) is 35.3 Å². The van der Waals surface area contributed by atoms with Crippen molar-refractivity contribution in [1.29, 1.82) is 0 Å². The first-order chi connectivity index (χ1) is 16.8. The second-order valence-electron chi connectivity index (χ2n) is 8.26. The van der Waals surface area contributed by atoms with Crippen LogP contribution in [0.3, 0.4) is 0 Å². The number of hydrazone groups is 1. The van der Waals surface area contributed by atoms with E-state index in [-0.39, 0.29) is 0 Å². The Hall–Kier alpha value is -3.75. The number of fused-ring (bicyclic) bond motifs is 2. The van der Waals surface area contributed by atoms with Gasteiger partial charge in [0.1, 0.15) is 0 Å². The Morgan fingerprint density at radius 3 is 2.71 bits per heavy atom. The van der Waals surface area contributed by atoms with Crippen molar-refractivity contribution in [2.75, 3.05) is 36.6 Å². The molecule has 3 aromatic heterocycles. The normalized spacial score (nSPS) is 14.4. The number of rotatable bonds is 5. The summed E-state index contributed by atoms with van der Waals surface area (Å²) < 4.78 is 8.65. The summed E-state index contributed by atoms with van der Waals surface area (Å²) in [6.45, 7) is 3.41. The number of para-hydroxylation sites is 1. The lowest BCUT2D eigenvalue weighted by molar-refractivity contribution is 0.122. The molecule has 6 rings (SSSR count). The van der Waals surface area contributed by atoms with Crippen LogP contribution in [0.2, 0.25) is 0 Å². The van der Waals surface area contributed by atoms with Crippen molar-refractivity contribution >= 4 is 50.3 Å². The first-order valence-electron chi connectivity index (χ1n) is 11.3. The first-order valence-corrected chi connectivity index (χ1v) is 12.2. The second-order valence-corrected chi connectivity index (χ2v) is 9.18. The lowest BCUT2D eigenvalue weighted by atomic mass is 10.1. The number of benzene rings is 2. The van der Waals surface area contributed by atoms with Crippen molar-refractivity contribution in [2.24, 2.45) is 12.1 Å². The molecule has 1 N–H and O–H groups in total. The summed E-state index contributed by atoms with van der Waals surface area (Å²) in [6, 6.07) is 18.8. The number of hydrogen-bond acceptors (Lipinski definition) is 7. The molecule has 0 unspecified atom stereocenters. The maximum absolute atomic E-state index is 5.44. The predicted molar refractivity (Wildman–Crippen MR) is 140 cm³/mol. The van der Waals surface area contributed by atoms with Crippen LogP contribution in [0.15, 0.2) is 71.3 Å². The number of nitrogens with one attached hydrogen (secondary N) is 1. The molecule has 1 aliphatic heterocycles. The van der Waals surface area contributed by atoms with Gasteiger partial charge >= 0.3 is 0 Å². The Kier molecular flexibility index (Phi) is 5.44. The van der Waals surface area contributed by atoms with Crippen LogP contribution in [0.1, 0.15) is 5.56 Å². The fraction of sp³-hybridized carbons (Fsp3) is 0.192. The first kappa shape index (κ1) is 20.8. The summed E-state index contributed by atoms with van der Waals surface area (Å²) in [7, 11) is 2.06. The van der Waals surface area contributed by atoms with E-state index in [2.05, 4.69) is 92.1 Å². The molecular weight excluding hydrogens is 444 g/mol. The molecule has 0 bridgehead atoms. The highest BCUT2D eigenvalue weighted by Crippen LogP contribution is 2.36. The Morgan fingerprint density at radius 2 is 1.85 bits per heavy atom. The van der Waals surface area contributed by atoms with Crippen molar-refractivity contribution in [3.05, 3.63) is 71.7 Å². The number of morpholine rings is 1. The molecule has 7 nitrogen and oxygen atoms in total. The SMILES string of the molecule is Cn1cc(-c2nc(N/N=C/c3ccc(N4CCOCC4)cc3)nc3ccsc23)c2ccccc21. The molecular formula is C26H24N6OS. The van der Waals surface area contributed by atoms with Gasteiger partial charge in [-0.25, -0.2) is 15.4 Å². The molecule has 34 heavy (non-hydrogen) atoms. The minimum atomic E-state index is 0.482. The molecule has 0 radical (unpaired) electrons. The molecule has 170 valence electrons. The number of thiophene rings is 1. The van der Waals surface area contributed by atoms with E-state index in [1.807, 2.05) is 6.07 Å². The number of nitrogens with zero attached hydrogens (tertiary/aromatic N) is 5. The summed E-state index contributed by atoms with van der Waals surface area (Å²) >= 11 is 1.66. The van der Waals surface area contributed by atoms with E-state index in [1.54, 1.807) is 17.6 Å². The molecule has 0 saturated carbocycles. The monoisotopic (exact) mass is 468 g/mol. The van der Waals surface area contributed by atoms with Gasteiger partial charge in [-0.2, -0.15) is 5.10 Å². The van der Waals surface area contributed by atoms with Gasteiger partial charge in [0.15, 0.2) is 0 Å². The van der Waals surface area contributed by atoms with Crippen LogP contribution >= 0.6 is 11.3 Å². The summed E-state index contributed by atoms with van der Waals surface area (Å²) in [5, 5.41) is 7.64. The Labute approximate surface area is 201 Å². The highest BCUT2D eigenvalue weighted by Gasteiger charge is 2.16. The van der Waals surface area contributed by atoms with Gasteiger partial charge in [-0.15, -0.1) is 11.3 Å². The van der Waals surface area contributed by atoms with Gasteiger partial charge in [-0.3, -0.25) is 0 Å². The number of anilines is 2. The molecule has 0 spiro atoms. The summed E-state index contributed by atoms with van der Waals surface area (Å²) in [6.07, 6.45) is 3.93. The maximum atomic E-state index is 5.44. The van der Waals surface area contributed by atoms with Crippen LogP contribution < -0.4 is 10.3 Å². The van der Waals surface area contributed by atoms with Gasteiger partial charge in [0, 0.05) is 48.5 Å². The van der Waals surface area contributed by atoms with E-state index in [0.29, 0.717) is 5.95 Å². The number of aromatic nitrogens is 3. The summed E-state index contributed by atoms with van der Waals surface area (Å²) in [4.78, 5) is 11.9. The van der Waals surface area contributed by atoms with Crippen LogP contribution in [-0.4, -0.2) is 47.1 Å². The van der Waals surface area contributed by atoms with Gasteiger partial charge in [-0.05, 0) is 35.2 Å². The van der Waals surface area contributed by atoms with Crippen molar-refractivity contribution in [1.82, 2.24) is 14.5 Å². The van der Waals surface area contributed by atoms with E-state index in [4.69, 9.17) is 9.72 Å². The Balaban J connectivity index is 1.27. The molecule has 1 saturated heterocycles. The highest BCUT2D eigenvalue weighted by molar-refractivity contribution is 7.17. The van der Waals surface area contributed by atoms with Gasteiger partial charge in [-0.1, -0.05) is 30.3 Å². The highest BCUT2D eigenvalue weighted by atomic mass is 32.1. The lowest BCUT2D eigenvalue weighted by Crippen LogP contribution is -2.36.